The fourth-order valence-corrected chi connectivity index (χ4v) is 1.81. The third-order valence-electron chi connectivity index (χ3n) is 2.50. The fraction of sp³-hybridized carbons (Fsp3) is 0.385. The van der Waals surface area contributed by atoms with E-state index in [1.165, 1.54) is 13.8 Å². The molecule has 9 nitrogen and oxygen atoms in total. The van der Waals surface area contributed by atoms with Crippen molar-refractivity contribution < 1.29 is 33.4 Å². The molecule has 0 saturated carbocycles. The highest BCUT2D eigenvalue weighted by Gasteiger charge is 2.32. The summed E-state index contributed by atoms with van der Waals surface area (Å²) < 4.78 is 9.21. The SMILES string of the molecule is CCOC(=O)C(=O)C(=CN1C(=O)CC(=O)NC1=S)C(=O)OCC. The summed E-state index contributed by atoms with van der Waals surface area (Å²) in [5.74, 6) is -5.03. The standard InChI is InChI=1S/C13H14N2O7S/c1-3-21-11(19)7(10(18)12(20)22-4-2)6-15-9(17)5-8(16)14-13(15)23/h6H,3-5H2,1-2H3,(H,14,16,23). The Morgan fingerprint density at radius 3 is 2.26 bits per heavy atom. The predicted molar refractivity (Wildman–Crippen MR) is 78.6 cm³/mol. The van der Waals surface area contributed by atoms with E-state index in [0.29, 0.717) is 0 Å². The van der Waals surface area contributed by atoms with Gasteiger partial charge in [-0.2, -0.15) is 0 Å². The van der Waals surface area contributed by atoms with Gasteiger partial charge in [0.15, 0.2) is 5.11 Å². The van der Waals surface area contributed by atoms with Crippen molar-refractivity contribution in [2.24, 2.45) is 0 Å². The summed E-state index contributed by atoms with van der Waals surface area (Å²) in [5, 5.41) is 1.89. The molecule has 1 heterocycles. The third kappa shape index (κ3) is 4.68. The lowest BCUT2D eigenvalue weighted by Crippen LogP contribution is -2.50. The molecular formula is C13H14N2O7S. The van der Waals surface area contributed by atoms with E-state index in [9.17, 15) is 24.0 Å². The lowest BCUT2D eigenvalue weighted by Gasteiger charge is -2.24. The van der Waals surface area contributed by atoms with Gasteiger partial charge in [0.1, 0.15) is 12.0 Å². The molecule has 1 rings (SSSR count). The number of carbonyl (C=O) groups is 5. The molecule has 23 heavy (non-hydrogen) atoms. The monoisotopic (exact) mass is 342 g/mol. The number of ketones is 1. The Morgan fingerprint density at radius 1 is 1.17 bits per heavy atom. The van der Waals surface area contributed by atoms with Crippen LogP contribution in [0.4, 0.5) is 0 Å². The summed E-state index contributed by atoms with van der Waals surface area (Å²) in [6.07, 6.45) is 0.252. The molecule has 0 aliphatic carbocycles. The number of thiocarbonyl (C=S) groups is 1. The number of amides is 2. The van der Waals surface area contributed by atoms with Crippen LogP contribution in [0.1, 0.15) is 20.3 Å². The molecule has 0 aromatic rings. The van der Waals surface area contributed by atoms with Gasteiger partial charge in [0.25, 0.3) is 5.78 Å². The minimum absolute atomic E-state index is 0.0542. The molecule has 0 spiro atoms. The third-order valence-corrected chi connectivity index (χ3v) is 2.80. The van der Waals surface area contributed by atoms with Crippen LogP contribution in [-0.2, 0) is 33.4 Å². The molecule has 0 aromatic heterocycles. The van der Waals surface area contributed by atoms with Gasteiger partial charge in [-0.1, -0.05) is 0 Å². The van der Waals surface area contributed by atoms with Crippen molar-refractivity contribution in [1.82, 2.24) is 10.2 Å². The molecule has 1 aliphatic rings. The maximum atomic E-state index is 12.0. The van der Waals surface area contributed by atoms with E-state index in [0.717, 1.165) is 11.1 Å². The number of hydrogen-bond donors (Lipinski definition) is 1. The van der Waals surface area contributed by atoms with Gasteiger partial charge in [0, 0.05) is 6.20 Å². The van der Waals surface area contributed by atoms with E-state index in [-0.39, 0.29) is 18.3 Å². The summed E-state index contributed by atoms with van der Waals surface area (Å²) in [5.41, 5.74) is -0.725. The van der Waals surface area contributed by atoms with Gasteiger partial charge >= 0.3 is 11.9 Å². The Balaban J connectivity index is 3.17. The van der Waals surface area contributed by atoms with Gasteiger partial charge in [0.2, 0.25) is 11.8 Å². The first kappa shape index (κ1) is 18.4. The number of Topliss-reactive ketones (excluding diaryl/α,β-unsaturated/α-hetero) is 1. The largest absolute Gasteiger partial charge is 0.462 e. The minimum atomic E-state index is -1.28. The first-order valence-corrected chi connectivity index (χ1v) is 6.98. The van der Waals surface area contributed by atoms with Crippen molar-refractivity contribution in [3.05, 3.63) is 11.8 Å². The van der Waals surface area contributed by atoms with Gasteiger partial charge in [0.05, 0.1) is 13.2 Å². The predicted octanol–water partition coefficient (Wildman–Crippen LogP) is -0.801. The molecule has 1 fully saturated rings. The number of rotatable bonds is 6. The number of esters is 2. The van der Waals surface area contributed by atoms with E-state index in [1.807, 2.05) is 0 Å². The van der Waals surface area contributed by atoms with E-state index in [4.69, 9.17) is 12.2 Å². The molecule has 1 N–H and O–H groups in total. The van der Waals surface area contributed by atoms with E-state index < -0.39 is 41.5 Å². The maximum Gasteiger partial charge on any atom is 0.380 e. The van der Waals surface area contributed by atoms with E-state index in [1.54, 1.807) is 0 Å². The first-order valence-electron chi connectivity index (χ1n) is 6.58. The van der Waals surface area contributed by atoms with Crippen LogP contribution < -0.4 is 5.32 Å². The molecular weight excluding hydrogens is 328 g/mol. The number of nitrogens with one attached hydrogen (secondary N) is 1. The second-order valence-electron chi connectivity index (χ2n) is 4.11. The molecule has 2 amide bonds. The molecule has 0 atom stereocenters. The summed E-state index contributed by atoms with van der Waals surface area (Å²) in [4.78, 5) is 59.1. The molecule has 1 saturated heterocycles. The lowest BCUT2D eigenvalue weighted by atomic mass is 10.1. The average Bonchev–Trinajstić information content (AvgIpc) is 2.46. The molecule has 0 bridgehead atoms. The summed E-state index contributed by atoms with van der Waals surface area (Å²) in [7, 11) is 0. The van der Waals surface area contributed by atoms with Crippen molar-refractivity contribution in [2.45, 2.75) is 20.3 Å². The fourth-order valence-electron chi connectivity index (χ4n) is 1.54. The molecule has 0 aromatic carbocycles. The van der Waals surface area contributed by atoms with Crippen molar-refractivity contribution in [3.8, 4) is 0 Å². The topological polar surface area (TPSA) is 119 Å². The maximum absolute atomic E-state index is 12.0. The van der Waals surface area contributed by atoms with Gasteiger partial charge in [-0.05, 0) is 26.1 Å². The average molecular weight is 342 g/mol. The Hall–Kier alpha value is -2.62. The van der Waals surface area contributed by atoms with Crippen LogP contribution in [0.5, 0.6) is 0 Å². The number of hydrogen-bond acceptors (Lipinski definition) is 8. The van der Waals surface area contributed by atoms with Crippen LogP contribution in [0.3, 0.4) is 0 Å². The number of carbonyl (C=O) groups excluding carboxylic acids is 5. The zero-order valence-electron chi connectivity index (χ0n) is 12.4. The Kier molecular flexibility index (Phi) is 6.51. The Bertz CT molecular complexity index is 591. The highest BCUT2D eigenvalue weighted by atomic mass is 32.1. The second-order valence-corrected chi connectivity index (χ2v) is 4.49. The highest BCUT2D eigenvalue weighted by Crippen LogP contribution is 2.10. The van der Waals surface area contributed by atoms with Crippen LogP contribution in [0.15, 0.2) is 11.8 Å². The normalized spacial score (nSPS) is 15.1. The van der Waals surface area contributed by atoms with Crippen molar-refractivity contribution >= 4 is 46.9 Å². The van der Waals surface area contributed by atoms with Crippen LogP contribution in [0.25, 0.3) is 0 Å². The summed E-state index contributed by atoms with van der Waals surface area (Å²) >= 11 is 4.80. The summed E-state index contributed by atoms with van der Waals surface area (Å²) in [6.45, 7) is 2.86. The van der Waals surface area contributed by atoms with Crippen LogP contribution in [0, 0.1) is 0 Å². The zero-order valence-corrected chi connectivity index (χ0v) is 13.2. The van der Waals surface area contributed by atoms with Gasteiger partial charge in [-0.25, -0.2) is 9.59 Å². The highest BCUT2D eigenvalue weighted by molar-refractivity contribution is 7.80. The number of ether oxygens (including phenoxy) is 2. The van der Waals surface area contributed by atoms with E-state index >= 15 is 0 Å². The lowest BCUT2D eigenvalue weighted by molar-refractivity contribution is -0.154. The molecule has 0 unspecified atom stereocenters. The van der Waals surface area contributed by atoms with Crippen molar-refractivity contribution in [1.29, 1.82) is 0 Å². The molecule has 10 heteroatoms. The smallest absolute Gasteiger partial charge is 0.380 e. The number of nitrogens with zero attached hydrogens (tertiary/aromatic N) is 1. The van der Waals surface area contributed by atoms with Crippen LogP contribution >= 0.6 is 12.2 Å². The van der Waals surface area contributed by atoms with E-state index in [2.05, 4.69) is 14.8 Å². The quantitative estimate of drug-likeness (QED) is 0.166. The van der Waals surface area contributed by atoms with Gasteiger partial charge < -0.3 is 14.8 Å². The van der Waals surface area contributed by atoms with Gasteiger partial charge in [-0.15, -0.1) is 0 Å². The Labute approximate surface area is 136 Å². The van der Waals surface area contributed by atoms with Crippen molar-refractivity contribution in [3.63, 3.8) is 0 Å². The molecule has 124 valence electrons. The van der Waals surface area contributed by atoms with Crippen molar-refractivity contribution in [2.75, 3.05) is 13.2 Å². The zero-order chi connectivity index (χ0) is 17.6. The van der Waals surface area contributed by atoms with Crippen LogP contribution in [-0.4, -0.2) is 52.8 Å². The van der Waals surface area contributed by atoms with Crippen LogP contribution in [0.2, 0.25) is 0 Å². The Morgan fingerprint density at radius 2 is 1.74 bits per heavy atom. The molecule has 0 radical (unpaired) electrons. The van der Waals surface area contributed by atoms with Gasteiger partial charge in [-0.3, -0.25) is 19.3 Å². The first-order chi connectivity index (χ1) is 10.8. The summed E-state index contributed by atoms with van der Waals surface area (Å²) in [6, 6.07) is 0. The minimum Gasteiger partial charge on any atom is -0.462 e. The second kappa shape index (κ2) is 8.13. The molecule has 1 aliphatic heterocycles.